The fraction of sp³-hybridized carbons (Fsp3) is 0.537. The summed E-state index contributed by atoms with van der Waals surface area (Å²) in [5, 5.41) is 24.5. The van der Waals surface area contributed by atoms with Crippen molar-refractivity contribution < 1.29 is 29.0 Å². The number of aliphatic hydroxyl groups is 1. The van der Waals surface area contributed by atoms with E-state index in [9.17, 15) is 24.3 Å². The topological polar surface area (TPSA) is 159 Å². The normalized spacial score (nSPS) is 14.1. The van der Waals surface area contributed by atoms with E-state index in [2.05, 4.69) is 33.2 Å². The van der Waals surface area contributed by atoms with Gasteiger partial charge in [0.25, 0.3) is 0 Å². The zero-order valence-electron chi connectivity index (χ0n) is 32.8. The van der Waals surface area contributed by atoms with Gasteiger partial charge in [0, 0.05) is 24.8 Å². The van der Waals surface area contributed by atoms with Crippen molar-refractivity contribution in [1.82, 2.24) is 26.3 Å². The van der Waals surface area contributed by atoms with Gasteiger partial charge >= 0.3 is 6.09 Å². The molecule has 4 amide bonds. The van der Waals surface area contributed by atoms with Gasteiger partial charge < -0.3 is 31.1 Å². The Morgan fingerprint density at radius 3 is 2.02 bits per heavy atom. The molecule has 2 aromatic carbocycles. The third-order valence-electron chi connectivity index (χ3n) is 10.2. The van der Waals surface area contributed by atoms with Crippen molar-refractivity contribution in [3.05, 3.63) is 85.9 Å². The smallest absolute Gasteiger partial charge is 0.408 e. The molecule has 3 rings (SSSR count). The van der Waals surface area contributed by atoms with Crippen LogP contribution in [0.25, 0.3) is 0 Å². The Hall–Kier alpha value is -4.29. The molecule has 11 nitrogen and oxygen atoms in total. The minimum absolute atomic E-state index is 0.0197. The molecule has 2 unspecified atom stereocenters. The average molecular weight is 750 g/mol. The lowest BCUT2D eigenvalue weighted by Crippen LogP contribution is -2.57. The van der Waals surface area contributed by atoms with Gasteiger partial charge in [-0.2, -0.15) is 0 Å². The van der Waals surface area contributed by atoms with Crippen LogP contribution in [0.15, 0.2) is 41.2 Å². The minimum Gasteiger partial charge on any atom is -0.445 e. The van der Waals surface area contributed by atoms with Gasteiger partial charge in [0.15, 0.2) is 0 Å². The van der Waals surface area contributed by atoms with Crippen LogP contribution in [0.1, 0.15) is 91.6 Å². The van der Waals surface area contributed by atoms with Crippen LogP contribution in [-0.2, 0) is 38.6 Å². The minimum atomic E-state index is -1.15. The number of ether oxygens (including phenoxy) is 1. The molecule has 0 aliphatic rings. The molecule has 0 fully saturated rings. The first-order valence-corrected chi connectivity index (χ1v) is 19.5. The van der Waals surface area contributed by atoms with E-state index in [-0.39, 0.29) is 37.7 Å². The summed E-state index contributed by atoms with van der Waals surface area (Å²) in [5.74, 6) is -1.01. The molecule has 5 atom stereocenters. The van der Waals surface area contributed by atoms with Crippen LogP contribution in [-0.4, -0.2) is 64.7 Å². The van der Waals surface area contributed by atoms with Crippen LogP contribution in [0.2, 0.25) is 0 Å². The number of carbonyl (C=O) groups is 4. The second-order valence-electron chi connectivity index (χ2n) is 14.6. The Morgan fingerprint density at radius 1 is 0.830 bits per heavy atom. The molecule has 0 saturated carbocycles. The van der Waals surface area contributed by atoms with Crippen molar-refractivity contribution in [2.24, 2.45) is 11.8 Å². The highest BCUT2D eigenvalue weighted by Crippen LogP contribution is 2.27. The highest BCUT2D eigenvalue weighted by atomic mass is 32.1. The molecule has 12 heteroatoms. The van der Waals surface area contributed by atoms with E-state index in [0.29, 0.717) is 24.6 Å². The van der Waals surface area contributed by atoms with Crippen LogP contribution < -0.4 is 21.3 Å². The Labute approximate surface area is 319 Å². The monoisotopic (exact) mass is 749 g/mol. The third kappa shape index (κ3) is 13.3. The van der Waals surface area contributed by atoms with E-state index in [1.807, 2.05) is 85.7 Å². The number of aromatic nitrogens is 1. The summed E-state index contributed by atoms with van der Waals surface area (Å²) in [4.78, 5) is 58.6. The number of aliphatic hydroxyl groups excluding tert-OH is 1. The van der Waals surface area contributed by atoms with Gasteiger partial charge in [-0.05, 0) is 91.8 Å². The van der Waals surface area contributed by atoms with E-state index in [4.69, 9.17) is 4.74 Å². The predicted octanol–water partition coefficient (Wildman–Crippen LogP) is 5.69. The summed E-state index contributed by atoms with van der Waals surface area (Å²) in [7, 11) is 0. The number of rotatable bonds is 19. The number of hydrogen-bond donors (Lipinski definition) is 5. The molecule has 0 aliphatic heterocycles. The van der Waals surface area contributed by atoms with Crippen molar-refractivity contribution in [1.29, 1.82) is 0 Å². The average Bonchev–Trinajstić information content (AvgIpc) is 3.65. The van der Waals surface area contributed by atoms with Crippen molar-refractivity contribution in [3.63, 3.8) is 0 Å². The van der Waals surface area contributed by atoms with Gasteiger partial charge in [-0.25, -0.2) is 9.78 Å². The van der Waals surface area contributed by atoms with Crippen LogP contribution in [0, 0.1) is 46.5 Å². The fourth-order valence-corrected chi connectivity index (χ4v) is 6.74. The molecule has 0 radical (unpaired) electrons. The fourth-order valence-electron chi connectivity index (χ4n) is 6.17. The Kier molecular flexibility index (Phi) is 16.9. The maximum atomic E-state index is 14.3. The van der Waals surface area contributed by atoms with Crippen LogP contribution in [0.5, 0.6) is 0 Å². The molecule has 0 bridgehead atoms. The van der Waals surface area contributed by atoms with E-state index in [1.54, 1.807) is 10.9 Å². The van der Waals surface area contributed by atoms with Gasteiger partial charge in [0.05, 0.1) is 29.8 Å². The van der Waals surface area contributed by atoms with Crippen LogP contribution >= 0.6 is 11.3 Å². The first-order valence-electron chi connectivity index (χ1n) is 18.6. The number of carbonyl (C=O) groups excluding carboxylic acids is 4. The number of thiazole rings is 1. The van der Waals surface area contributed by atoms with Gasteiger partial charge in [0.1, 0.15) is 18.7 Å². The maximum Gasteiger partial charge on any atom is 0.408 e. The number of nitrogens with zero attached hydrogens (tertiary/aromatic N) is 1. The van der Waals surface area contributed by atoms with Crippen LogP contribution in [0.3, 0.4) is 0 Å². The Balaban J connectivity index is 1.89. The van der Waals surface area contributed by atoms with Gasteiger partial charge in [-0.3, -0.25) is 14.4 Å². The lowest BCUT2D eigenvalue weighted by molar-refractivity contribution is -0.131. The molecular formula is C41H59N5O6S. The maximum absolute atomic E-state index is 14.3. The number of hydrogen-bond acceptors (Lipinski definition) is 8. The van der Waals surface area contributed by atoms with Gasteiger partial charge in [-0.1, -0.05) is 64.4 Å². The van der Waals surface area contributed by atoms with Crippen molar-refractivity contribution in [3.8, 4) is 0 Å². The summed E-state index contributed by atoms with van der Waals surface area (Å²) in [6.45, 7) is 18.7. The predicted molar refractivity (Wildman–Crippen MR) is 210 cm³/mol. The summed E-state index contributed by atoms with van der Waals surface area (Å²) in [6, 6.07) is 6.31. The molecule has 3 aromatic rings. The molecule has 5 N–H and O–H groups in total. The van der Waals surface area contributed by atoms with Crippen molar-refractivity contribution >= 4 is 35.2 Å². The summed E-state index contributed by atoms with van der Waals surface area (Å²) < 4.78 is 5.52. The number of alkyl carbamates (subject to hydrolysis) is 1. The molecule has 0 saturated heterocycles. The van der Waals surface area contributed by atoms with E-state index in [1.165, 1.54) is 16.9 Å². The second kappa shape index (κ2) is 20.8. The second-order valence-corrected chi connectivity index (χ2v) is 15.4. The molecular weight excluding hydrogens is 691 g/mol. The van der Waals surface area contributed by atoms with Crippen LogP contribution in [0.4, 0.5) is 4.79 Å². The standard InChI is InChI=1S/C41H59N5O6S/c1-10-25(4)20-42-38(48)19-37(47)34(16-24(2)3)44-39(49)35(17-32-22-53-23-43-32)45-40(50)36(46-41(51)52-21-31-14-12-11-13-15-31)18-33-29(8)27(6)26(5)28(7)30(33)9/h11-15,22-25,34-37,47H,10,16-21H2,1-9H3,(H,42,48)(H,44,49)(H,45,50)(H,46,51)/t25?,34-,35?,36-,37-/m0/s1. The number of benzene rings is 2. The highest BCUT2D eigenvalue weighted by Gasteiger charge is 2.32. The Bertz CT molecular complexity index is 1630. The lowest BCUT2D eigenvalue weighted by atomic mass is 9.86. The number of nitrogens with one attached hydrogen (secondary N) is 4. The molecule has 53 heavy (non-hydrogen) atoms. The summed E-state index contributed by atoms with van der Waals surface area (Å²) in [6.07, 6.45) is -0.535. The third-order valence-corrected chi connectivity index (χ3v) is 10.8. The number of amides is 4. The van der Waals surface area contributed by atoms with Crippen molar-refractivity contribution in [2.75, 3.05) is 6.54 Å². The van der Waals surface area contributed by atoms with Gasteiger partial charge in [-0.15, -0.1) is 11.3 Å². The first-order chi connectivity index (χ1) is 25.1. The molecule has 1 heterocycles. The summed E-state index contributed by atoms with van der Waals surface area (Å²) >= 11 is 1.37. The largest absolute Gasteiger partial charge is 0.445 e. The Morgan fingerprint density at radius 2 is 1.43 bits per heavy atom. The summed E-state index contributed by atoms with van der Waals surface area (Å²) in [5.41, 5.74) is 9.42. The van der Waals surface area contributed by atoms with E-state index >= 15 is 0 Å². The van der Waals surface area contributed by atoms with E-state index < -0.39 is 42.1 Å². The van der Waals surface area contributed by atoms with Crippen molar-refractivity contribution in [2.45, 2.75) is 125 Å². The molecule has 290 valence electrons. The van der Waals surface area contributed by atoms with E-state index in [0.717, 1.165) is 39.8 Å². The lowest BCUT2D eigenvalue weighted by Gasteiger charge is -2.29. The quantitative estimate of drug-likeness (QED) is 0.105. The molecule has 0 spiro atoms. The van der Waals surface area contributed by atoms with Gasteiger partial charge in [0.2, 0.25) is 17.7 Å². The first kappa shape index (κ1) is 43.1. The SMILES string of the molecule is CCC(C)CNC(=O)C[C@H](O)[C@H](CC(C)C)NC(=O)C(Cc1cscn1)NC(=O)[C@H](Cc1c(C)c(C)c(C)c(C)c1C)NC(=O)OCc1ccccc1. The zero-order valence-corrected chi connectivity index (χ0v) is 33.6. The highest BCUT2D eigenvalue weighted by molar-refractivity contribution is 7.07. The molecule has 1 aromatic heterocycles. The zero-order chi connectivity index (χ0) is 39.2. The molecule has 0 aliphatic carbocycles.